The number of hydrogen-bond acceptors (Lipinski definition) is 8. The van der Waals surface area contributed by atoms with Gasteiger partial charge in [0, 0.05) is 19.1 Å². The molecule has 1 aromatic rings. The molecule has 1 aliphatic rings. The molecule has 0 aliphatic carbocycles. The molecule has 1 unspecified atom stereocenters. The van der Waals surface area contributed by atoms with E-state index >= 15 is 0 Å². The minimum absolute atomic E-state index is 0.1000. The number of aromatic nitrogens is 3. The average molecular weight is 267 g/mol. The van der Waals surface area contributed by atoms with Gasteiger partial charge in [0.25, 0.3) is 0 Å². The van der Waals surface area contributed by atoms with Crippen LogP contribution in [-0.2, 0) is 6.54 Å². The second kappa shape index (κ2) is 6.60. The van der Waals surface area contributed by atoms with E-state index in [9.17, 15) is 0 Å². The first kappa shape index (κ1) is 13.9. The van der Waals surface area contributed by atoms with Crippen LogP contribution in [0.25, 0.3) is 0 Å². The Balaban J connectivity index is 1.98. The van der Waals surface area contributed by atoms with Gasteiger partial charge in [-0.1, -0.05) is 0 Å². The monoisotopic (exact) mass is 267 g/mol. The van der Waals surface area contributed by atoms with Crippen molar-refractivity contribution < 1.29 is 5.11 Å². The number of nitrogens with one attached hydrogen (secondary N) is 1. The first-order valence-corrected chi connectivity index (χ1v) is 6.50. The summed E-state index contributed by atoms with van der Waals surface area (Å²) in [5.74, 6) is 0.798. The molecule has 0 saturated carbocycles. The van der Waals surface area contributed by atoms with Gasteiger partial charge in [0.1, 0.15) is 5.82 Å². The first-order chi connectivity index (χ1) is 9.17. The molecular formula is C11H21N7O. The normalized spacial score (nSPS) is 19.2. The lowest BCUT2D eigenvalue weighted by Crippen LogP contribution is -2.39. The van der Waals surface area contributed by atoms with Gasteiger partial charge in [0.15, 0.2) is 0 Å². The van der Waals surface area contributed by atoms with E-state index in [0.717, 1.165) is 19.5 Å². The van der Waals surface area contributed by atoms with Gasteiger partial charge < -0.3 is 21.9 Å². The van der Waals surface area contributed by atoms with E-state index in [1.165, 1.54) is 6.42 Å². The molecule has 6 N–H and O–H groups in total. The van der Waals surface area contributed by atoms with Crippen LogP contribution in [0.3, 0.4) is 0 Å². The van der Waals surface area contributed by atoms with Crippen LogP contribution in [0.15, 0.2) is 0 Å². The fourth-order valence-corrected chi connectivity index (χ4v) is 2.33. The van der Waals surface area contributed by atoms with Crippen molar-refractivity contribution in [2.45, 2.75) is 25.4 Å². The molecule has 0 amide bonds. The molecule has 0 spiro atoms. The Morgan fingerprint density at radius 2 is 2.00 bits per heavy atom. The van der Waals surface area contributed by atoms with Gasteiger partial charge in [0.2, 0.25) is 11.9 Å². The fraction of sp³-hybridized carbons (Fsp3) is 0.727. The van der Waals surface area contributed by atoms with Crippen LogP contribution in [-0.4, -0.2) is 57.2 Å². The standard InChI is InChI=1S/C11H21N7O/c12-10-15-9(16-11(13)17-10)7-18(4-5-19)6-8-2-1-3-14-8/h8,14,19H,1-7H2,(H4,12,13,15,16,17). The Bertz CT molecular complexity index is 388. The highest BCUT2D eigenvalue weighted by molar-refractivity contribution is 5.25. The zero-order valence-electron chi connectivity index (χ0n) is 10.9. The number of rotatable bonds is 6. The van der Waals surface area contributed by atoms with E-state index in [-0.39, 0.29) is 18.5 Å². The summed E-state index contributed by atoms with van der Waals surface area (Å²) in [5, 5.41) is 12.6. The van der Waals surface area contributed by atoms with E-state index in [2.05, 4.69) is 25.2 Å². The summed E-state index contributed by atoms with van der Waals surface area (Å²) in [6.45, 7) is 3.09. The fourth-order valence-electron chi connectivity index (χ4n) is 2.33. The Hall–Kier alpha value is -1.51. The maximum atomic E-state index is 9.13. The maximum Gasteiger partial charge on any atom is 0.225 e. The van der Waals surface area contributed by atoms with Gasteiger partial charge in [-0.05, 0) is 19.4 Å². The molecule has 8 nitrogen and oxygen atoms in total. The molecule has 1 aliphatic heterocycles. The molecule has 0 aromatic carbocycles. The van der Waals surface area contributed by atoms with Gasteiger partial charge in [-0.25, -0.2) is 0 Å². The molecule has 8 heteroatoms. The summed E-state index contributed by atoms with van der Waals surface area (Å²) in [4.78, 5) is 14.0. The number of aliphatic hydroxyl groups excluding tert-OH is 1. The Morgan fingerprint density at radius 3 is 2.58 bits per heavy atom. The van der Waals surface area contributed by atoms with Crippen LogP contribution in [0.4, 0.5) is 11.9 Å². The van der Waals surface area contributed by atoms with Crippen LogP contribution >= 0.6 is 0 Å². The molecule has 106 valence electrons. The summed E-state index contributed by atoms with van der Waals surface area (Å²) < 4.78 is 0. The third-order valence-electron chi connectivity index (χ3n) is 3.14. The van der Waals surface area contributed by atoms with Crippen molar-refractivity contribution >= 4 is 11.9 Å². The smallest absolute Gasteiger partial charge is 0.225 e. The van der Waals surface area contributed by atoms with Crippen molar-refractivity contribution in [2.75, 3.05) is 37.7 Å². The van der Waals surface area contributed by atoms with Crippen LogP contribution < -0.4 is 16.8 Å². The third-order valence-corrected chi connectivity index (χ3v) is 3.14. The maximum absolute atomic E-state index is 9.13. The number of nitrogens with two attached hydrogens (primary N) is 2. The molecule has 2 rings (SSSR count). The molecule has 2 heterocycles. The molecular weight excluding hydrogens is 246 g/mol. The number of aliphatic hydroxyl groups is 1. The van der Waals surface area contributed by atoms with Crippen molar-refractivity contribution in [1.29, 1.82) is 0 Å². The van der Waals surface area contributed by atoms with Crippen molar-refractivity contribution in [3.63, 3.8) is 0 Å². The predicted molar refractivity (Wildman–Crippen MR) is 72.0 cm³/mol. The number of anilines is 2. The summed E-state index contributed by atoms with van der Waals surface area (Å²) in [6, 6.07) is 0.461. The zero-order valence-corrected chi connectivity index (χ0v) is 10.9. The zero-order chi connectivity index (χ0) is 13.7. The summed E-state index contributed by atoms with van der Waals surface area (Å²) in [6.07, 6.45) is 2.35. The minimum atomic E-state index is 0.1000. The summed E-state index contributed by atoms with van der Waals surface area (Å²) in [5.41, 5.74) is 11.1. The van der Waals surface area contributed by atoms with E-state index in [1.807, 2.05) is 0 Å². The van der Waals surface area contributed by atoms with E-state index in [0.29, 0.717) is 25.0 Å². The second-order valence-electron chi connectivity index (χ2n) is 4.72. The molecule has 19 heavy (non-hydrogen) atoms. The lowest BCUT2D eigenvalue weighted by atomic mass is 10.2. The van der Waals surface area contributed by atoms with Crippen LogP contribution in [0.5, 0.6) is 0 Å². The molecule has 0 bridgehead atoms. The van der Waals surface area contributed by atoms with Crippen LogP contribution in [0.1, 0.15) is 18.7 Å². The Morgan fingerprint density at radius 1 is 1.26 bits per heavy atom. The van der Waals surface area contributed by atoms with Gasteiger partial charge in [-0.15, -0.1) is 0 Å². The quantitative estimate of drug-likeness (QED) is 0.495. The van der Waals surface area contributed by atoms with Gasteiger partial charge in [0.05, 0.1) is 13.2 Å². The van der Waals surface area contributed by atoms with Gasteiger partial charge in [-0.3, -0.25) is 4.90 Å². The highest BCUT2D eigenvalue weighted by atomic mass is 16.3. The predicted octanol–water partition coefficient (Wildman–Crippen LogP) is -1.42. The molecule has 1 saturated heterocycles. The highest BCUT2D eigenvalue weighted by Gasteiger charge is 2.18. The number of nitrogens with zero attached hydrogens (tertiary/aromatic N) is 4. The molecule has 0 radical (unpaired) electrons. The SMILES string of the molecule is Nc1nc(N)nc(CN(CCO)CC2CCCN2)n1. The first-order valence-electron chi connectivity index (χ1n) is 6.50. The lowest BCUT2D eigenvalue weighted by molar-refractivity contribution is 0.176. The van der Waals surface area contributed by atoms with Crippen molar-refractivity contribution in [3.05, 3.63) is 5.82 Å². The molecule has 1 aromatic heterocycles. The van der Waals surface area contributed by atoms with Crippen molar-refractivity contribution in [1.82, 2.24) is 25.2 Å². The van der Waals surface area contributed by atoms with Gasteiger partial charge >= 0.3 is 0 Å². The lowest BCUT2D eigenvalue weighted by Gasteiger charge is -2.24. The van der Waals surface area contributed by atoms with E-state index in [1.54, 1.807) is 0 Å². The Labute approximate surface area is 112 Å². The largest absolute Gasteiger partial charge is 0.395 e. The van der Waals surface area contributed by atoms with Crippen LogP contribution in [0.2, 0.25) is 0 Å². The van der Waals surface area contributed by atoms with E-state index < -0.39 is 0 Å². The topological polar surface area (TPSA) is 126 Å². The van der Waals surface area contributed by atoms with Gasteiger partial charge in [-0.2, -0.15) is 15.0 Å². The third kappa shape index (κ3) is 4.27. The average Bonchev–Trinajstić information content (AvgIpc) is 2.80. The molecule has 1 atom stereocenters. The Kier molecular flexibility index (Phi) is 4.83. The highest BCUT2D eigenvalue weighted by Crippen LogP contribution is 2.09. The van der Waals surface area contributed by atoms with Crippen molar-refractivity contribution in [3.8, 4) is 0 Å². The van der Waals surface area contributed by atoms with E-state index in [4.69, 9.17) is 16.6 Å². The van der Waals surface area contributed by atoms with Crippen molar-refractivity contribution in [2.24, 2.45) is 0 Å². The second-order valence-corrected chi connectivity index (χ2v) is 4.72. The summed E-state index contributed by atoms with van der Waals surface area (Å²) in [7, 11) is 0. The number of hydrogen-bond donors (Lipinski definition) is 4. The number of nitrogen functional groups attached to an aromatic ring is 2. The minimum Gasteiger partial charge on any atom is -0.395 e. The molecule has 1 fully saturated rings. The summed E-state index contributed by atoms with van der Waals surface area (Å²) >= 11 is 0. The van der Waals surface area contributed by atoms with Crippen LogP contribution in [0, 0.1) is 0 Å².